The van der Waals surface area contributed by atoms with Gasteiger partial charge in [0, 0.05) is 40.0 Å². The van der Waals surface area contributed by atoms with Crippen molar-refractivity contribution in [1.82, 2.24) is 35.1 Å². The zero-order valence-corrected chi connectivity index (χ0v) is 18.6. The largest absolute Gasteiger partial charge is 0.335 e. The molecule has 0 amide bonds. The Kier molecular flexibility index (Phi) is 4.37. The number of imidazole rings is 1. The third-order valence-electron chi connectivity index (χ3n) is 5.60. The van der Waals surface area contributed by atoms with E-state index in [9.17, 15) is 4.79 Å². The number of Topliss-reactive ketones (excluding diaryl/α,β-unsaturated/α-hetero) is 1. The number of aromatic nitrogens is 7. The molecular weight excluding hydrogens is 434 g/mol. The summed E-state index contributed by atoms with van der Waals surface area (Å²) in [4.78, 5) is 34.8. The van der Waals surface area contributed by atoms with Crippen LogP contribution < -0.4 is 0 Å². The molecule has 0 unspecified atom stereocenters. The molecule has 0 aliphatic rings. The average molecular weight is 452 g/mol. The highest BCUT2D eigenvalue weighted by atomic mass is 32.1. The van der Waals surface area contributed by atoms with Gasteiger partial charge in [0.2, 0.25) is 0 Å². The molecule has 0 radical (unpaired) electrons. The van der Waals surface area contributed by atoms with Crippen LogP contribution in [0.5, 0.6) is 0 Å². The Labute approximate surface area is 191 Å². The van der Waals surface area contributed by atoms with Crippen molar-refractivity contribution < 1.29 is 4.79 Å². The molecule has 6 aromatic rings. The van der Waals surface area contributed by atoms with Crippen molar-refractivity contribution in [1.29, 1.82) is 0 Å². The summed E-state index contributed by atoms with van der Waals surface area (Å²) in [6.07, 6.45) is 8.89. The van der Waals surface area contributed by atoms with Gasteiger partial charge in [-0.2, -0.15) is 5.10 Å². The van der Waals surface area contributed by atoms with Crippen molar-refractivity contribution in [3.63, 3.8) is 0 Å². The van der Waals surface area contributed by atoms with Crippen molar-refractivity contribution in [2.45, 2.75) is 13.8 Å². The topological polar surface area (TPSA) is 113 Å². The predicted molar refractivity (Wildman–Crippen MR) is 128 cm³/mol. The highest BCUT2D eigenvalue weighted by molar-refractivity contribution is 7.17. The number of H-pyrrole nitrogens is 2. The molecule has 0 aliphatic carbocycles. The lowest BCUT2D eigenvalue weighted by atomic mass is 10.1. The summed E-state index contributed by atoms with van der Waals surface area (Å²) in [6.45, 7) is 3.61. The second-order valence-corrected chi connectivity index (χ2v) is 8.85. The Hall–Kier alpha value is -4.24. The Morgan fingerprint density at radius 1 is 1.00 bits per heavy atom. The number of nitrogens with zero attached hydrogens (tertiary/aromatic N) is 5. The lowest BCUT2D eigenvalue weighted by molar-refractivity contribution is 0.102. The number of thiophene rings is 1. The van der Waals surface area contributed by atoms with Crippen LogP contribution in [0.2, 0.25) is 0 Å². The second-order valence-electron chi connectivity index (χ2n) is 7.77. The molecule has 33 heavy (non-hydrogen) atoms. The maximum atomic E-state index is 11.7. The zero-order chi connectivity index (χ0) is 22.5. The minimum Gasteiger partial charge on any atom is -0.335 e. The Bertz CT molecular complexity index is 1680. The first-order valence-corrected chi connectivity index (χ1v) is 11.1. The summed E-state index contributed by atoms with van der Waals surface area (Å²) in [6, 6.07) is 7.74. The van der Waals surface area contributed by atoms with Gasteiger partial charge in [0.15, 0.2) is 11.6 Å². The zero-order valence-electron chi connectivity index (χ0n) is 17.7. The van der Waals surface area contributed by atoms with Crippen molar-refractivity contribution in [3.05, 3.63) is 65.7 Å². The minimum absolute atomic E-state index is 0.0466. The Morgan fingerprint density at radius 3 is 2.70 bits per heavy atom. The van der Waals surface area contributed by atoms with Gasteiger partial charge in [-0.3, -0.25) is 24.8 Å². The molecule has 0 atom stereocenters. The van der Waals surface area contributed by atoms with E-state index in [2.05, 4.69) is 30.1 Å². The molecule has 0 fully saturated rings. The molecule has 2 N–H and O–H groups in total. The van der Waals surface area contributed by atoms with E-state index in [1.807, 2.05) is 37.4 Å². The lowest BCUT2D eigenvalue weighted by Crippen LogP contribution is -1.88. The van der Waals surface area contributed by atoms with E-state index < -0.39 is 0 Å². The van der Waals surface area contributed by atoms with Crippen LogP contribution in [-0.2, 0) is 0 Å². The molecule has 6 aromatic heterocycles. The van der Waals surface area contributed by atoms with Crippen LogP contribution in [0.25, 0.3) is 55.2 Å². The quantitative estimate of drug-likeness (QED) is 0.356. The SMILES string of the molecule is CC(=O)c1ccc(-c2cncc3[nH]c(-c4n[nH]c5cnc(-c6cnccc6C)cc45)nc23)s1. The molecule has 6 rings (SSSR count). The maximum Gasteiger partial charge on any atom is 0.169 e. The number of carbonyl (C=O) groups excluding carboxylic acids is 1. The fraction of sp³-hybridized carbons (Fsp3) is 0.0833. The van der Waals surface area contributed by atoms with Crippen LogP contribution in [0.1, 0.15) is 22.2 Å². The van der Waals surface area contributed by atoms with E-state index in [1.165, 1.54) is 11.3 Å². The first-order valence-electron chi connectivity index (χ1n) is 10.3. The molecule has 0 aromatic carbocycles. The Morgan fingerprint density at radius 2 is 1.88 bits per heavy atom. The van der Waals surface area contributed by atoms with Gasteiger partial charge in [-0.1, -0.05) is 0 Å². The summed E-state index contributed by atoms with van der Waals surface area (Å²) in [7, 11) is 0. The number of carbonyl (C=O) groups is 1. The fourth-order valence-corrected chi connectivity index (χ4v) is 4.79. The molecule has 0 spiro atoms. The number of fused-ring (bicyclic) bond motifs is 2. The third-order valence-corrected chi connectivity index (χ3v) is 6.82. The number of ketones is 1. The van der Waals surface area contributed by atoms with Gasteiger partial charge in [-0.05, 0) is 43.7 Å². The first kappa shape index (κ1) is 19.4. The van der Waals surface area contributed by atoms with Crippen LogP contribution in [-0.4, -0.2) is 40.9 Å². The third kappa shape index (κ3) is 3.21. The number of hydrogen-bond donors (Lipinski definition) is 2. The number of nitrogens with one attached hydrogen (secondary N) is 2. The first-order chi connectivity index (χ1) is 16.1. The van der Waals surface area contributed by atoms with E-state index in [0.717, 1.165) is 49.2 Å². The lowest BCUT2D eigenvalue weighted by Gasteiger charge is -2.04. The highest BCUT2D eigenvalue weighted by Gasteiger charge is 2.18. The monoisotopic (exact) mass is 451 g/mol. The molecule has 0 bridgehead atoms. The minimum atomic E-state index is 0.0466. The summed E-state index contributed by atoms with van der Waals surface area (Å²) in [5, 5.41) is 8.47. The summed E-state index contributed by atoms with van der Waals surface area (Å²) in [5.74, 6) is 0.680. The van der Waals surface area contributed by atoms with Crippen LogP contribution in [0.4, 0.5) is 0 Å². The molecule has 0 saturated carbocycles. The molecule has 0 saturated heterocycles. The smallest absolute Gasteiger partial charge is 0.169 e. The van der Waals surface area contributed by atoms with Crippen LogP contribution >= 0.6 is 11.3 Å². The van der Waals surface area contributed by atoms with E-state index in [-0.39, 0.29) is 5.78 Å². The standard InChI is InChI=1S/C24H17N7OS/c1-12-5-6-25-8-15(12)17-7-14-18(11-27-17)30-31-23(14)24-28-19-10-26-9-16(22(19)29-24)21-4-3-20(33-21)13(2)32/h3-11H,1-2H3,(H,28,29)(H,30,31). The number of pyridine rings is 3. The van der Waals surface area contributed by atoms with Gasteiger partial charge in [0.25, 0.3) is 0 Å². The molecule has 6 heterocycles. The number of hydrogen-bond acceptors (Lipinski definition) is 7. The summed E-state index contributed by atoms with van der Waals surface area (Å²) in [5.41, 5.74) is 6.87. The van der Waals surface area contributed by atoms with Crippen molar-refractivity contribution in [2.75, 3.05) is 0 Å². The maximum absolute atomic E-state index is 11.7. The summed E-state index contributed by atoms with van der Waals surface area (Å²) < 4.78 is 0. The predicted octanol–water partition coefficient (Wildman–Crippen LogP) is 5.20. The van der Waals surface area contributed by atoms with Gasteiger partial charge in [-0.15, -0.1) is 11.3 Å². The Balaban J connectivity index is 1.49. The van der Waals surface area contributed by atoms with Crippen LogP contribution in [0.15, 0.2) is 55.2 Å². The van der Waals surface area contributed by atoms with E-state index >= 15 is 0 Å². The highest BCUT2D eigenvalue weighted by Crippen LogP contribution is 2.35. The van der Waals surface area contributed by atoms with E-state index in [0.29, 0.717) is 16.4 Å². The molecule has 9 heteroatoms. The van der Waals surface area contributed by atoms with Crippen LogP contribution in [0.3, 0.4) is 0 Å². The molecule has 160 valence electrons. The number of rotatable bonds is 4. The van der Waals surface area contributed by atoms with Gasteiger partial charge >= 0.3 is 0 Å². The molecular formula is C24H17N7OS. The van der Waals surface area contributed by atoms with E-state index in [1.54, 1.807) is 31.7 Å². The van der Waals surface area contributed by atoms with Crippen molar-refractivity contribution >= 4 is 39.1 Å². The normalized spacial score (nSPS) is 11.5. The van der Waals surface area contributed by atoms with Crippen molar-refractivity contribution in [3.8, 4) is 33.2 Å². The summed E-state index contributed by atoms with van der Waals surface area (Å²) >= 11 is 1.44. The average Bonchev–Trinajstić information content (AvgIpc) is 3.56. The number of aryl methyl sites for hydroxylation is 1. The van der Waals surface area contributed by atoms with Gasteiger partial charge in [0.05, 0.1) is 34.0 Å². The van der Waals surface area contributed by atoms with Gasteiger partial charge in [-0.25, -0.2) is 4.98 Å². The second kappa shape index (κ2) is 7.42. The van der Waals surface area contributed by atoms with E-state index in [4.69, 9.17) is 4.98 Å². The van der Waals surface area contributed by atoms with Gasteiger partial charge in [0.1, 0.15) is 11.2 Å². The van der Waals surface area contributed by atoms with Crippen molar-refractivity contribution in [2.24, 2.45) is 0 Å². The van der Waals surface area contributed by atoms with Crippen LogP contribution in [0, 0.1) is 6.92 Å². The van der Waals surface area contributed by atoms with Gasteiger partial charge < -0.3 is 4.98 Å². The molecule has 0 aliphatic heterocycles. The molecule has 8 nitrogen and oxygen atoms in total. The fourth-order valence-electron chi connectivity index (χ4n) is 3.87. The number of aromatic amines is 2.